The standard InChI is InChI=1S/C17H26N2O3S/c1-18(2)17(20)12-21-11-13-8-15-16(9-13)22-6-5-19(15)10-14-4-3-7-23-14/h3-4,7,13,15-16H,5-6,8-12H2,1-2H3. The predicted octanol–water partition coefficient (Wildman–Crippen LogP) is 1.83. The van der Waals surface area contributed by atoms with Crippen molar-refractivity contribution in [2.75, 3.05) is 40.5 Å². The van der Waals surface area contributed by atoms with Gasteiger partial charge in [0.1, 0.15) is 6.61 Å². The summed E-state index contributed by atoms with van der Waals surface area (Å²) in [6.07, 6.45) is 2.47. The van der Waals surface area contributed by atoms with Gasteiger partial charge in [-0.2, -0.15) is 0 Å². The van der Waals surface area contributed by atoms with Gasteiger partial charge in [0.2, 0.25) is 5.91 Å². The summed E-state index contributed by atoms with van der Waals surface area (Å²) >= 11 is 1.82. The van der Waals surface area contributed by atoms with E-state index in [1.807, 2.05) is 11.3 Å². The zero-order valence-corrected chi connectivity index (χ0v) is 14.8. The highest BCUT2D eigenvalue weighted by Crippen LogP contribution is 2.35. The number of hydrogen-bond donors (Lipinski definition) is 0. The largest absolute Gasteiger partial charge is 0.375 e. The maximum absolute atomic E-state index is 11.6. The van der Waals surface area contributed by atoms with E-state index in [-0.39, 0.29) is 12.5 Å². The molecule has 1 aromatic rings. The molecule has 1 saturated carbocycles. The van der Waals surface area contributed by atoms with Gasteiger partial charge in [0, 0.05) is 38.1 Å². The summed E-state index contributed by atoms with van der Waals surface area (Å²) in [5.41, 5.74) is 0. The van der Waals surface area contributed by atoms with E-state index < -0.39 is 0 Å². The van der Waals surface area contributed by atoms with E-state index in [0.29, 0.717) is 24.7 Å². The Balaban J connectivity index is 1.49. The molecule has 2 heterocycles. The molecule has 3 rings (SSSR count). The van der Waals surface area contributed by atoms with Gasteiger partial charge < -0.3 is 14.4 Å². The van der Waals surface area contributed by atoms with Gasteiger partial charge in [0.25, 0.3) is 0 Å². The van der Waals surface area contributed by atoms with Gasteiger partial charge in [-0.25, -0.2) is 0 Å². The molecule has 2 aliphatic rings. The molecule has 3 unspecified atom stereocenters. The van der Waals surface area contributed by atoms with Gasteiger partial charge >= 0.3 is 0 Å². The number of carbonyl (C=O) groups excluding carboxylic acids is 1. The number of hydrogen-bond acceptors (Lipinski definition) is 5. The Labute approximate surface area is 142 Å². The Kier molecular flexibility index (Phi) is 5.69. The van der Waals surface area contributed by atoms with Crippen LogP contribution in [0.4, 0.5) is 0 Å². The number of ether oxygens (including phenoxy) is 2. The minimum absolute atomic E-state index is 0.0241. The zero-order valence-electron chi connectivity index (χ0n) is 13.9. The molecule has 1 amide bonds. The van der Waals surface area contributed by atoms with Crippen LogP contribution < -0.4 is 0 Å². The Morgan fingerprint density at radius 3 is 3.09 bits per heavy atom. The van der Waals surface area contributed by atoms with Crippen LogP contribution in [0.15, 0.2) is 17.5 Å². The number of rotatable bonds is 6. The quantitative estimate of drug-likeness (QED) is 0.794. The summed E-state index contributed by atoms with van der Waals surface area (Å²) < 4.78 is 11.6. The van der Waals surface area contributed by atoms with Crippen molar-refractivity contribution in [3.05, 3.63) is 22.4 Å². The lowest BCUT2D eigenvalue weighted by atomic mass is 10.1. The fraction of sp³-hybridized carbons (Fsp3) is 0.706. The third-order valence-electron chi connectivity index (χ3n) is 4.77. The molecule has 0 aromatic carbocycles. The van der Waals surface area contributed by atoms with Crippen LogP contribution in [0.3, 0.4) is 0 Å². The Morgan fingerprint density at radius 2 is 2.35 bits per heavy atom. The van der Waals surface area contributed by atoms with Crippen molar-refractivity contribution in [2.24, 2.45) is 5.92 Å². The lowest BCUT2D eigenvalue weighted by Gasteiger charge is -2.37. The highest BCUT2D eigenvalue weighted by Gasteiger charge is 2.41. The lowest BCUT2D eigenvalue weighted by Crippen LogP contribution is -2.47. The van der Waals surface area contributed by atoms with E-state index in [4.69, 9.17) is 9.47 Å². The van der Waals surface area contributed by atoms with Crippen LogP contribution in [0.1, 0.15) is 17.7 Å². The first-order chi connectivity index (χ1) is 11.1. The molecule has 1 aromatic heterocycles. The molecule has 5 nitrogen and oxygen atoms in total. The third kappa shape index (κ3) is 4.32. The Hall–Kier alpha value is -0.950. The summed E-state index contributed by atoms with van der Waals surface area (Å²) in [6, 6.07) is 4.81. The zero-order chi connectivity index (χ0) is 16.2. The van der Waals surface area contributed by atoms with E-state index in [2.05, 4.69) is 22.4 Å². The van der Waals surface area contributed by atoms with E-state index in [1.165, 1.54) is 4.88 Å². The minimum Gasteiger partial charge on any atom is -0.375 e. The maximum atomic E-state index is 11.6. The van der Waals surface area contributed by atoms with Crippen LogP contribution in [-0.2, 0) is 20.8 Å². The average molecular weight is 338 g/mol. The molecule has 6 heteroatoms. The smallest absolute Gasteiger partial charge is 0.248 e. The highest BCUT2D eigenvalue weighted by molar-refractivity contribution is 7.09. The third-order valence-corrected chi connectivity index (χ3v) is 5.63. The molecule has 2 fully saturated rings. The van der Waals surface area contributed by atoms with Crippen molar-refractivity contribution in [2.45, 2.75) is 31.5 Å². The van der Waals surface area contributed by atoms with Crippen molar-refractivity contribution >= 4 is 17.2 Å². The van der Waals surface area contributed by atoms with E-state index in [0.717, 1.165) is 32.5 Å². The maximum Gasteiger partial charge on any atom is 0.248 e. The van der Waals surface area contributed by atoms with Crippen molar-refractivity contribution in [1.29, 1.82) is 0 Å². The normalized spacial score (nSPS) is 27.8. The Bertz CT molecular complexity index is 506. The first kappa shape index (κ1) is 16.9. The number of thiophene rings is 1. The number of nitrogens with zero attached hydrogens (tertiary/aromatic N) is 2. The minimum atomic E-state index is 0.0241. The monoisotopic (exact) mass is 338 g/mol. The summed E-state index contributed by atoms with van der Waals surface area (Å²) in [6.45, 7) is 3.68. The van der Waals surface area contributed by atoms with Crippen molar-refractivity contribution < 1.29 is 14.3 Å². The lowest BCUT2D eigenvalue weighted by molar-refractivity contribution is -0.134. The van der Waals surface area contributed by atoms with Gasteiger partial charge in [-0.05, 0) is 30.2 Å². The summed E-state index contributed by atoms with van der Waals surface area (Å²) in [5.74, 6) is 0.514. The number of fused-ring (bicyclic) bond motifs is 1. The highest BCUT2D eigenvalue weighted by atomic mass is 32.1. The molecule has 1 aliphatic heterocycles. The average Bonchev–Trinajstić information content (AvgIpc) is 3.16. The van der Waals surface area contributed by atoms with E-state index in [9.17, 15) is 4.79 Å². The van der Waals surface area contributed by atoms with E-state index in [1.54, 1.807) is 19.0 Å². The fourth-order valence-electron chi connectivity index (χ4n) is 3.50. The van der Waals surface area contributed by atoms with Crippen molar-refractivity contribution in [3.8, 4) is 0 Å². The van der Waals surface area contributed by atoms with E-state index >= 15 is 0 Å². The fourth-order valence-corrected chi connectivity index (χ4v) is 4.23. The van der Waals surface area contributed by atoms with Crippen LogP contribution in [0.25, 0.3) is 0 Å². The molecule has 0 N–H and O–H groups in total. The molecule has 128 valence electrons. The summed E-state index contributed by atoms with van der Waals surface area (Å²) in [4.78, 5) is 17.1. The second kappa shape index (κ2) is 7.75. The van der Waals surface area contributed by atoms with Crippen molar-refractivity contribution in [1.82, 2.24) is 9.80 Å². The Morgan fingerprint density at radius 1 is 1.48 bits per heavy atom. The van der Waals surface area contributed by atoms with Crippen LogP contribution in [0.5, 0.6) is 0 Å². The van der Waals surface area contributed by atoms with Crippen molar-refractivity contribution in [3.63, 3.8) is 0 Å². The number of amides is 1. The van der Waals surface area contributed by atoms with Gasteiger partial charge in [0.05, 0.1) is 19.3 Å². The first-order valence-corrected chi connectivity index (χ1v) is 9.17. The molecule has 3 atom stereocenters. The molecule has 1 saturated heterocycles. The number of morpholine rings is 1. The molecule has 0 radical (unpaired) electrons. The topological polar surface area (TPSA) is 42.0 Å². The van der Waals surface area contributed by atoms with Gasteiger partial charge in [-0.15, -0.1) is 11.3 Å². The van der Waals surface area contributed by atoms with Crippen LogP contribution in [-0.4, -0.2) is 68.3 Å². The second-order valence-corrected chi connectivity index (χ2v) is 7.70. The first-order valence-electron chi connectivity index (χ1n) is 8.29. The molecule has 0 bridgehead atoms. The van der Waals surface area contributed by atoms with Gasteiger partial charge in [-0.1, -0.05) is 6.07 Å². The molecular weight excluding hydrogens is 312 g/mol. The molecular formula is C17H26N2O3S. The molecule has 0 spiro atoms. The second-order valence-electron chi connectivity index (χ2n) is 6.67. The van der Waals surface area contributed by atoms with Gasteiger partial charge in [0.15, 0.2) is 0 Å². The van der Waals surface area contributed by atoms with Crippen LogP contribution >= 0.6 is 11.3 Å². The SMILES string of the molecule is CN(C)C(=O)COCC1CC2OCCN(Cc3cccs3)C2C1. The number of carbonyl (C=O) groups is 1. The van der Waals surface area contributed by atoms with Crippen LogP contribution in [0, 0.1) is 5.92 Å². The molecule has 1 aliphatic carbocycles. The van der Waals surface area contributed by atoms with Gasteiger partial charge in [-0.3, -0.25) is 9.69 Å². The van der Waals surface area contributed by atoms with Crippen LogP contribution in [0.2, 0.25) is 0 Å². The summed E-state index contributed by atoms with van der Waals surface area (Å²) in [7, 11) is 3.51. The number of likely N-dealkylation sites (N-methyl/N-ethyl adjacent to an activating group) is 1. The summed E-state index contributed by atoms with van der Waals surface area (Å²) in [5, 5.41) is 2.14. The predicted molar refractivity (Wildman–Crippen MR) is 90.5 cm³/mol. The molecule has 23 heavy (non-hydrogen) atoms.